The van der Waals surface area contributed by atoms with Gasteiger partial charge in [-0.15, -0.1) is 0 Å². The third kappa shape index (κ3) is 2.82. The van der Waals surface area contributed by atoms with Gasteiger partial charge in [-0.05, 0) is 19.9 Å². The Labute approximate surface area is 122 Å². The SMILES string of the molecule is Cc1noc(C(C)N2CCN(C(=O)c3ccoc3)CC2)n1. The number of carbonyl (C=O) groups is 1. The fourth-order valence-corrected chi connectivity index (χ4v) is 2.52. The van der Waals surface area contributed by atoms with Crippen molar-refractivity contribution in [3.63, 3.8) is 0 Å². The highest BCUT2D eigenvalue weighted by Gasteiger charge is 2.27. The van der Waals surface area contributed by atoms with Crippen LogP contribution in [-0.4, -0.2) is 52.0 Å². The minimum atomic E-state index is 0.0182. The molecule has 2 aromatic heterocycles. The van der Waals surface area contributed by atoms with Crippen molar-refractivity contribution < 1.29 is 13.7 Å². The number of piperazine rings is 1. The van der Waals surface area contributed by atoms with Crippen LogP contribution >= 0.6 is 0 Å². The average molecular weight is 290 g/mol. The Kier molecular flexibility index (Phi) is 3.74. The van der Waals surface area contributed by atoms with Crippen LogP contribution in [0.2, 0.25) is 0 Å². The second kappa shape index (κ2) is 5.69. The predicted molar refractivity (Wildman–Crippen MR) is 73.6 cm³/mol. The molecule has 1 saturated heterocycles. The van der Waals surface area contributed by atoms with E-state index in [0.29, 0.717) is 30.4 Å². The molecule has 1 aliphatic rings. The normalized spacial score (nSPS) is 17.9. The molecule has 1 amide bonds. The molecule has 3 rings (SSSR count). The van der Waals surface area contributed by atoms with E-state index in [-0.39, 0.29) is 11.9 Å². The molecule has 1 aliphatic heterocycles. The van der Waals surface area contributed by atoms with Gasteiger partial charge in [0, 0.05) is 26.2 Å². The molecule has 0 aliphatic carbocycles. The van der Waals surface area contributed by atoms with Crippen molar-refractivity contribution in [1.29, 1.82) is 0 Å². The quantitative estimate of drug-likeness (QED) is 0.852. The summed E-state index contributed by atoms with van der Waals surface area (Å²) in [5, 5.41) is 3.82. The lowest BCUT2D eigenvalue weighted by Gasteiger charge is -2.36. The molecule has 0 N–H and O–H groups in total. The summed E-state index contributed by atoms with van der Waals surface area (Å²) in [6.45, 7) is 6.78. The van der Waals surface area contributed by atoms with E-state index in [1.807, 2.05) is 11.8 Å². The van der Waals surface area contributed by atoms with Gasteiger partial charge in [-0.2, -0.15) is 4.98 Å². The van der Waals surface area contributed by atoms with Crippen molar-refractivity contribution in [3.8, 4) is 0 Å². The Morgan fingerprint density at radius 1 is 1.33 bits per heavy atom. The van der Waals surface area contributed by atoms with E-state index in [0.717, 1.165) is 13.1 Å². The van der Waals surface area contributed by atoms with E-state index in [2.05, 4.69) is 15.0 Å². The van der Waals surface area contributed by atoms with Crippen molar-refractivity contribution in [1.82, 2.24) is 19.9 Å². The second-order valence-corrected chi connectivity index (χ2v) is 5.20. The average Bonchev–Trinajstić information content (AvgIpc) is 3.17. The Morgan fingerprint density at radius 2 is 2.10 bits per heavy atom. The number of furan rings is 1. The van der Waals surface area contributed by atoms with E-state index < -0.39 is 0 Å². The van der Waals surface area contributed by atoms with Gasteiger partial charge in [0.25, 0.3) is 5.91 Å². The summed E-state index contributed by atoms with van der Waals surface area (Å²) in [7, 11) is 0. The van der Waals surface area contributed by atoms with Crippen LogP contribution in [0.3, 0.4) is 0 Å². The Morgan fingerprint density at radius 3 is 2.67 bits per heavy atom. The zero-order valence-electron chi connectivity index (χ0n) is 12.2. The second-order valence-electron chi connectivity index (χ2n) is 5.20. The first-order valence-corrected chi connectivity index (χ1v) is 7.01. The summed E-state index contributed by atoms with van der Waals surface area (Å²) in [5.41, 5.74) is 0.601. The molecule has 7 heteroatoms. The van der Waals surface area contributed by atoms with Gasteiger partial charge in [-0.3, -0.25) is 9.69 Å². The fourth-order valence-electron chi connectivity index (χ4n) is 2.52. The number of hydrogen-bond acceptors (Lipinski definition) is 6. The van der Waals surface area contributed by atoms with Crippen LogP contribution in [0.1, 0.15) is 35.0 Å². The molecule has 1 unspecified atom stereocenters. The third-order valence-corrected chi connectivity index (χ3v) is 3.82. The van der Waals surface area contributed by atoms with Gasteiger partial charge in [0.15, 0.2) is 5.82 Å². The lowest BCUT2D eigenvalue weighted by Crippen LogP contribution is -2.49. The van der Waals surface area contributed by atoms with Crippen LogP contribution in [0.5, 0.6) is 0 Å². The first-order valence-electron chi connectivity index (χ1n) is 7.01. The standard InChI is InChI=1S/C14H18N4O3/c1-10(13-15-11(2)16-21-13)17-4-6-18(7-5-17)14(19)12-3-8-20-9-12/h3,8-10H,4-7H2,1-2H3. The topological polar surface area (TPSA) is 75.6 Å². The Balaban J connectivity index is 1.59. The molecule has 0 bridgehead atoms. The molecule has 0 radical (unpaired) electrons. The Hall–Kier alpha value is -2.15. The maximum atomic E-state index is 12.2. The largest absolute Gasteiger partial charge is 0.472 e. The number of aryl methyl sites for hydroxylation is 1. The lowest BCUT2D eigenvalue weighted by atomic mass is 10.2. The monoisotopic (exact) mass is 290 g/mol. The number of carbonyl (C=O) groups excluding carboxylic acids is 1. The smallest absolute Gasteiger partial charge is 0.257 e. The minimum Gasteiger partial charge on any atom is -0.472 e. The molecule has 0 saturated carbocycles. The number of aromatic nitrogens is 2. The van der Waals surface area contributed by atoms with E-state index in [4.69, 9.17) is 8.94 Å². The summed E-state index contributed by atoms with van der Waals surface area (Å²) in [6, 6.07) is 1.76. The summed E-state index contributed by atoms with van der Waals surface area (Å²) in [4.78, 5) is 20.6. The zero-order valence-corrected chi connectivity index (χ0v) is 12.2. The first-order chi connectivity index (χ1) is 10.1. The molecule has 2 aromatic rings. The van der Waals surface area contributed by atoms with Gasteiger partial charge >= 0.3 is 0 Å². The summed E-state index contributed by atoms with van der Waals surface area (Å²) in [6.07, 6.45) is 3.00. The van der Waals surface area contributed by atoms with Gasteiger partial charge in [0.05, 0.1) is 17.9 Å². The zero-order chi connectivity index (χ0) is 14.8. The maximum Gasteiger partial charge on any atom is 0.257 e. The fraction of sp³-hybridized carbons (Fsp3) is 0.500. The van der Waals surface area contributed by atoms with Gasteiger partial charge in [-0.25, -0.2) is 0 Å². The lowest BCUT2D eigenvalue weighted by molar-refractivity contribution is 0.0551. The molecule has 3 heterocycles. The van der Waals surface area contributed by atoms with E-state index in [1.165, 1.54) is 12.5 Å². The highest BCUT2D eigenvalue weighted by Crippen LogP contribution is 2.20. The number of rotatable bonds is 3. The van der Waals surface area contributed by atoms with Crippen molar-refractivity contribution >= 4 is 5.91 Å². The summed E-state index contributed by atoms with van der Waals surface area (Å²) in [5.74, 6) is 1.29. The molecule has 1 fully saturated rings. The number of hydrogen-bond donors (Lipinski definition) is 0. The third-order valence-electron chi connectivity index (χ3n) is 3.82. The van der Waals surface area contributed by atoms with Crippen molar-refractivity contribution in [2.75, 3.05) is 26.2 Å². The highest BCUT2D eigenvalue weighted by molar-refractivity contribution is 5.93. The molecule has 0 spiro atoms. The van der Waals surface area contributed by atoms with Crippen molar-refractivity contribution in [2.45, 2.75) is 19.9 Å². The molecule has 0 aromatic carbocycles. The van der Waals surface area contributed by atoms with Crippen LogP contribution in [-0.2, 0) is 0 Å². The summed E-state index contributed by atoms with van der Waals surface area (Å²) < 4.78 is 10.2. The summed E-state index contributed by atoms with van der Waals surface area (Å²) >= 11 is 0. The molecule has 112 valence electrons. The molecule has 1 atom stereocenters. The molecular formula is C14H18N4O3. The number of nitrogens with zero attached hydrogens (tertiary/aromatic N) is 4. The van der Waals surface area contributed by atoms with Crippen LogP contribution in [0.15, 0.2) is 27.5 Å². The van der Waals surface area contributed by atoms with E-state index in [1.54, 1.807) is 13.0 Å². The van der Waals surface area contributed by atoms with Crippen LogP contribution in [0, 0.1) is 6.92 Å². The Bertz CT molecular complexity index is 600. The van der Waals surface area contributed by atoms with Gasteiger partial charge in [0.2, 0.25) is 5.89 Å². The highest BCUT2D eigenvalue weighted by atomic mass is 16.5. The van der Waals surface area contributed by atoms with E-state index in [9.17, 15) is 4.79 Å². The van der Waals surface area contributed by atoms with Crippen molar-refractivity contribution in [2.24, 2.45) is 0 Å². The predicted octanol–water partition coefficient (Wildman–Crippen LogP) is 1.49. The minimum absolute atomic E-state index is 0.0182. The number of amides is 1. The molecule has 7 nitrogen and oxygen atoms in total. The van der Waals surface area contributed by atoms with Gasteiger partial charge in [0.1, 0.15) is 6.26 Å². The van der Waals surface area contributed by atoms with Crippen LogP contribution in [0.4, 0.5) is 0 Å². The molecule has 21 heavy (non-hydrogen) atoms. The van der Waals surface area contributed by atoms with E-state index >= 15 is 0 Å². The van der Waals surface area contributed by atoms with Gasteiger partial charge in [-0.1, -0.05) is 5.16 Å². The first kappa shape index (κ1) is 13.8. The maximum absolute atomic E-state index is 12.2. The van der Waals surface area contributed by atoms with Gasteiger partial charge < -0.3 is 13.8 Å². The van der Waals surface area contributed by atoms with Crippen LogP contribution < -0.4 is 0 Å². The van der Waals surface area contributed by atoms with Crippen LogP contribution in [0.25, 0.3) is 0 Å². The molecular weight excluding hydrogens is 272 g/mol. The van der Waals surface area contributed by atoms with Crippen molar-refractivity contribution in [3.05, 3.63) is 35.9 Å².